The van der Waals surface area contributed by atoms with E-state index in [9.17, 15) is 18.0 Å². The van der Waals surface area contributed by atoms with Crippen molar-refractivity contribution in [3.05, 3.63) is 83.3 Å². The molecule has 34 heavy (non-hydrogen) atoms. The maximum absolute atomic E-state index is 12.9. The Morgan fingerprint density at radius 1 is 1.09 bits per heavy atom. The SMILES string of the molecule is Cc1cc(Nc2nccc(C(F)(F)F)n2)cc(-c2cn(Cc3ccc(CC(=O)O)cc3)nn2)c1. The smallest absolute Gasteiger partial charge is 0.433 e. The molecule has 2 aromatic heterocycles. The second-order valence-electron chi connectivity index (χ2n) is 7.66. The van der Waals surface area contributed by atoms with Crippen LogP contribution in [-0.4, -0.2) is 36.0 Å². The number of halogens is 3. The number of aromatic nitrogens is 5. The standard InChI is InChI=1S/C23H19F3N6O2/c1-14-8-17(11-18(9-14)28-22-27-7-6-20(29-22)23(24,25)26)19-13-32(31-30-19)12-16-4-2-15(3-5-16)10-21(33)34/h2-9,11,13H,10,12H2,1H3,(H,33,34)(H,27,28,29). The van der Waals surface area contributed by atoms with Crippen molar-refractivity contribution >= 4 is 17.6 Å². The van der Waals surface area contributed by atoms with Crippen molar-refractivity contribution in [2.24, 2.45) is 0 Å². The fourth-order valence-electron chi connectivity index (χ4n) is 3.34. The molecule has 2 heterocycles. The van der Waals surface area contributed by atoms with Gasteiger partial charge in [0.25, 0.3) is 0 Å². The highest BCUT2D eigenvalue weighted by Gasteiger charge is 2.32. The van der Waals surface area contributed by atoms with Gasteiger partial charge in [-0.15, -0.1) is 5.10 Å². The number of hydrogen-bond acceptors (Lipinski definition) is 6. The number of carboxylic acids is 1. The zero-order valence-electron chi connectivity index (χ0n) is 17.9. The number of rotatable bonds is 7. The van der Waals surface area contributed by atoms with E-state index in [0.717, 1.165) is 29.0 Å². The summed E-state index contributed by atoms with van der Waals surface area (Å²) in [5.74, 6) is -1.05. The van der Waals surface area contributed by atoms with Crippen LogP contribution in [0.2, 0.25) is 0 Å². The number of aliphatic carboxylic acids is 1. The third-order valence-corrected chi connectivity index (χ3v) is 4.84. The monoisotopic (exact) mass is 468 g/mol. The number of hydrogen-bond donors (Lipinski definition) is 2. The summed E-state index contributed by atoms with van der Waals surface area (Å²) in [5, 5.41) is 20.0. The van der Waals surface area contributed by atoms with E-state index in [-0.39, 0.29) is 12.4 Å². The molecule has 0 saturated heterocycles. The first-order chi connectivity index (χ1) is 16.2. The molecule has 4 aromatic rings. The van der Waals surface area contributed by atoms with Gasteiger partial charge in [-0.25, -0.2) is 14.6 Å². The van der Waals surface area contributed by atoms with Gasteiger partial charge < -0.3 is 10.4 Å². The molecule has 0 aliphatic heterocycles. The summed E-state index contributed by atoms with van der Waals surface area (Å²) in [6.45, 7) is 2.29. The van der Waals surface area contributed by atoms with Gasteiger partial charge in [-0.1, -0.05) is 29.5 Å². The van der Waals surface area contributed by atoms with E-state index in [0.29, 0.717) is 23.5 Å². The van der Waals surface area contributed by atoms with Gasteiger partial charge in [0.1, 0.15) is 11.4 Å². The Bertz CT molecular complexity index is 1320. The molecule has 0 aliphatic rings. The van der Waals surface area contributed by atoms with Crippen molar-refractivity contribution in [3.63, 3.8) is 0 Å². The van der Waals surface area contributed by atoms with Crippen molar-refractivity contribution in [1.29, 1.82) is 0 Å². The zero-order valence-corrected chi connectivity index (χ0v) is 17.9. The molecule has 0 fully saturated rings. The molecule has 2 N–H and O–H groups in total. The highest BCUT2D eigenvalue weighted by molar-refractivity contribution is 5.70. The Hall–Kier alpha value is -4.28. The van der Waals surface area contributed by atoms with Crippen LogP contribution in [0.25, 0.3) is 11.3 Å². The Balaban J connectivity index is 1.51. The summed E-state index contributed by atoms with van der Waals surface area (Å²) in [4.78, 5) is 18.2. The Morgan fingerprint density at radius 2 is 1.82 bits per heavy atom. The van der Waals surface area contributed by atoms with Gasteiger partial charge in [0.2, 0.25) is 5.95 Å². The molecule has 0 bridgehead atoms. The Labute approximate surface area is 192 Å². The van der Waals surface area contributed by atoms with Crippen molar-refractivity contribution in [2.75, 3.05) is 5.32 Å². The van der Waals surface area contributed by atoms with Gasteiger partial charge in [0, 0.05) is 17.4 Å². The molecule has 0 spiro atoms. The minimum Gasteiger partial charge on any atom is -0.481 e. The lowest BCUT2D eigenvalue weighted by Gasteiger charge is -2.10. The number of nitrogens with zero attached hydrogens (tertiary/aromatic N) is 5. The van der Waals surface area contributed by atoms with E-state index in [1.165, 1.54) is 0 Å². The van der Waals surface area contributed by atoms with Gasteiger partial charge >= 0.3 is 12.1 Å². The largest absolute Gasteiger partial charge is 0.481 e. The number of aryl methyl sites for hydroxylation is 1. The molecule has 0 amide bonds. The summed E-state index contributed by atoms with van der Waals surface area (Å²) in [6, 6.07) is 13.4. The second-order valence-corrected chi connectivity index (χ2v) is 7.66. The highest BCUT2D eigenvalue weighted by Crippen LogP contribution is 2.29. The van der Waals surface area contributed by atoms with E-state index in [2.05, 4.69) is 25.6 Å². The summed E-state index contributed by atoms with van der Waals surface area (Å²) in [6.07, 6.45) is -1.80. The average Bonchev–Trinajstić information content (AvgIpc) is 3.23. The normalized spacial score (nSPS) is 11.4. The molecule has 8 nitrogen and oxygen atoms in total. The molecule has 0 aliphatic carbocycles. The van der Waals surface area contributed by atoms with Crippen molar-refractivity contribution < 1.29 is 23.1 Å². The van der Waals surface area contributed by atoms with Crippen LogP contribution in [0.3, 0.4) is 0 Å². The second kappa shape index (κ2) is 9.30. The van der Waals surface area contributed by atoms with E-state index in [1.807, 2.05) is 25.1 Å². The number of nitrogens with one attached hydrogen (secondary N) is 1. The van der Waals surface area contributed by atoms with E-state index < -0.39 is 17.8 Å². The van der Waals surface area contributed by atoms with Crippen LogP contribution in [0.5, 0.6) is 0 Å². The number of alkyl halides is 3. The number of anilines is 2. The fourth-order valence-corrected chi connectivity index (χ4v) is 3.34. The quantitative estimate of drug-likeness (QED) is 0.412. The molecule has 0 saturated carbocycles. The molecular weight excluding hydrogens is 449 g/mol. The summed E-state index contributed by atoms with van der Waals surface area (Å²) in [5.41, 5.74) is 3.28. The molecule has 11 heteroatoms. The van der Waals surface area contributed by atoms with Crippen molar-refractivity contribution in [2.45, 2.75) is 26.1 Å². The van der Waals surface area contributed by atoms with Crippen LogP contribution >= 0.6 is 0 Å². The molecule has 2 aromatic carbocycles. The number of carboxylic acid groups (broad SMARTS) is 1. The predicted molar refractivity (Wildman–Crippen MR) is 117 cm³/mol. The molecule has 174 valence electrons. The van der Waals surface area contributed by atoms with Gasteiger partial charge in [0.15, 0.2) is 0 Å². The number of carbonyl (C=O) groups is 1. The van der Waals surface area contributed by atoms with Crippen LogP contribution in [0, 0.1) is 6.92 Å². The van der Waals surface area contributed by atoms with Gasteiger partial charge in [0.05, 0.1) is 19.2 Å². The molecule has 0 atom stereocenters. The van der Waals surface area contributed by atoms with Crippen LogP contribution < -0.4 is 5.32 Å². The van der Waals surface area contributed by atoms with Gasteiger partial charge in [-0.05, 0) is 47.9 Å². The van der Waals surface area contributed by atoms with E-state index >= 15 is 0 Å². The first-order valence-corrected chi connectivity index (χ1v) is 10.1. The first kappa shape index (κ1) is 22.9. The predicted octanol–water partition coefficient (Wildman–Crippen LogP) is 4.48. The molecular formula is C23H19F3N6O2. The summed E-state index contributed by atoms with van der Waals surface area (Å²) < 4.78 is 40.4. The Kier molecular flexibility index (Phi) is 6.26. The van der Waals surface area contributed by atoms with E-state index in [1.54, 1.807) is 35.1 Å². The lowest BCUT2D eigenvalue weighted by molar-refractivity contribution is -0.141. The van der Waals surface area contributed by atoms with Gasteiger partial charge in [-0.3, -0.25) is 4.79 Å². The van der Waals surface area contributed by atoms with Gasteiger partial charge in [-0.2, -0.15) is 13.2 Å². The van der Waals surface area contributed by atoms with Crippen LogP contribution in [-0.2, 0) is 23.9 Å². The maximum Gasteiger partial charge on any atom is 0.433 e. The molecule has 0 unspecified atom stereocenters. The van der Waals surface area contributed by atoms with Crippen LogP contribution in [0.15, 0.2) is 60.9 Å². The summed E-state index contributed by atoms with van der Waals surface area (Å²) in [7, 11) is 0. The van der Waals surface area contributed by atoms with Crippen LogP contribution in [0.4, 0.5) is 24.8 Å². The first-order valence-electron chi connectivity index (χ1n) is 10.1. The van der Waals surface area contributed by atoms with Crippen LogP contribution in [0.1, 0.15) is 22.4 Å². The third-order valence-electron chi connectivity index (χ3n) is 4.84. The summed E-state index contributed by atoms with van der Waals surface area (Å²) >= 11 is 0. The molecule has 4 rings (SSSR count). The lowest BCUT2D eigenvalue weighted by atomic mass is 10.1. The third kappa shape index (κ3) is 5.74. The van der Waals surface area contributed by atoms with Crippen molar-refractivity contribution in [1.82, 2.24) is 25.0 Å². The Morgan fingerprint density at radius 3 is 2.53 bits per heavy atom. The zero-order chi connectivity index (χ0) is 24.3. The van der Waals surface area contributed by atoms with Crippen molar-refractivity contribution in [3.8, 4) is 11.3 Å². The average molecular weight is 468 g/mol. The minimum absolute atomic E-state index is 0.0387. The fraction of sp³-hybridized carbons (Fsp3) is 0.174. The highest BCUT2D eigenvalue weighted by atomic mass is 19.4. The maximum atomic E-state index is 12.9. The lowest BCUT2D eigenvalue weighted by Crippen LogP contribution is -2.10. The molecule has 0 radical (unpaired) electrons. The topological polar surface area (TPSA) is 106 Å². The minimum atomic E-state index is -4.56. The van der Waals surface area contributed by atoms with E-state index in [4.69, 9.17) is 5.11 Å². The number of benzene rings is 2.